The molecule has 2 amide bonds. The zero-order chi connectivity index (χ0) is 16.7. The Labute approximate surface area is 125 Å². The molecule has 0 radical (unpaired) electrons. The third-order valence-corrected chi connectivity index (χ3v) is 2.79. The monoisotopic (exact) mass is 314 g/mol. The number of carbonyl (C=O) groups is 3. The number of carboxylic acids is 1. The normalized spacial score (nSPS) is 11.6. The van der Waals surface area contributed by atoms with E-state index in [1.807, 2.05) is 0 Å². The van der Waals surface area contributed by atoms with Gasteiger partial charge in [0.15, 0.2) is 0 Å². The lowest BCUT2D eigenvalue weighted by molar-refractivity contribution is -0.141. The van der Waals surface area contributed by atoms with E-state index < -0.39 is 35.5 Å². The van der Waals surface area contributed by atoms with Crippen molar-refractivity contribution < 1.29 is 28.3 Å². The maximum atomic E-state index is 13.3. The predicted molar refractivity (Wildman–Crippen MR) is 73.2 cm³/mol. The second-order valence-electron chi connectivity index (χ2n) is 4.61. The van der Waals surface area contributed by atoms with Gasteiger partial charge in [0.2, 0.25) is 5.91 Å². The molecule has 0 aliphatic carbocycles. The lowest BCUT2D eigenvalue weighted by Gasteiger charge is -2.09. The van der Waals surface area contributed by atoms with Gasteiger partial charge < -0.3 is 15.7 Å². The first-order valence-corrected chi connectivity index (χ1v) is 6.56. The van der Waals surface area contributed by atoms with E-state index >= 15 is 0 Å². The summed E-state index contributed by atoms with van der Waals surface area (Å²) in [7, 11) is 0. The molecule has 0 fully saturated rings. The molecule has 22 heavy (non-hydrogen) atoms. The Hall–Kier alpha value is -2.51. The van der Waals surface area contributed by atoms with Crippen LogP contribution in [0.3, 0.4) is 0 Å². The summed E-state index contributed by atoms with van der Waals surface area (Å²) in [5.74, 6) is -4.06. The molecule has 0 spiro atoms. The van der Waals surface area contributed by atoms with Crippen LogP contribution in [-0.4, -0.2) is 35.5 Å². The van der Waals surface area contributed by atoms with E-state index in [9.17, 15) is 23.2 Å². The number of amides is 2. The Morgan fingerprint density at radius 1 is 1.27 bits per heavy atom. The van der Waals surface area contributed by atoms with Gasteiger partial charge in [-0.3, -0.25) is 14.4 Å². The van der Waals surface area contributed by atoms with Crippen LogP contribution in [0.15, 0.2) is 18.2 Å². The van der Waals surface area contributed by atoms with E-state index in [2.05, 4.69) is 10.6 Å². The van der Waals surface area contributed by atoms with Crippen LogP contribution in [0.2, 0.25) is 0 Å². The maximum Gasteiger partial charge on any atom is 0.325 e. The largest absolute Gasteiger partial charge is 0.480 e. The first-order valence-electron chi connectivity index (χ1n) is 6.56. The number of hydrogen-bond donors (Lipinski definition) is 3. The van der Waals surface area contributed by atoms with Gasteiger partial charge in [0.1, 0.15) is 17.7 Å². The van der Waals surface area contributed by atoms with Crippen molar-refractivity contribution in [3.63, 3.8) is 0 Å². The molecule has 0 saturated heterocycles. The fraction of sp³-hybridized carbons (Fsp3) is 0.357. The van der Waals surface area contributed by atoms with Crippen molar-refractivity contribution in [2.45, 2.75) is 25.8 Å². The highest BCUT2D eigenvalue weighted by molar-refractivity contribution is 5.94. The maximum absolute atomic E-state index is 13.3. The van der Waals surface area contributed by atoms with Crippen molar-refractivity contribution in [3.05, 3.63) is 35.4 Å². The van der Waals surface area contributed by atoms with E-state index in [1.54, 1.807) is 0 Å². The van der Waals surface area contributed by atoms with Gasteiger partial charge in [0, 0.05) is 19.0 Å². The molecule has 0 aliphatic heterocycles. The number of rotatable bonds is 7. The molecule has 0 heterocycles. The Balaban J connectivity index is 2.34. The van der Waals surface area contributed by atoms with Crippen molar-refractivity contribution in [1.29, 1.82) is 0 Å². The number of carboxylic acid groups (broad SMARTS) is 1. The lowest BCUT2D eigenvalue weighted by Crippen LogP contribution is -2.38. The molecule has 6 nitrogen and oxygen atoms in total. The van der Waals surface area contributed by atoms with Gasteiger partial charge in [-0.05, 0) is 25.5 Å². The van der Waals surface area contributed by atoms with Crippen LogP contribution in [0, 0.1) is 11.6 Å². The summed E-state index contributed by atoms with van der Waals surface area (Å²) < 4.78 is 26.0. The molecule has 120 valence electrons. The number of benzene rings is 1. The average Bonchev–Trinajstić information content (AvgIpc) is 2.43. The van der Waals surface area contributed by atoms with E-state index in [0.717, 1.165) is 12.1 Å². The van der Waals surface area contributed by atoms with E-state index in [1.165, 1.54) is 6.92 Å². The Morgan fingerprint density at radius 3 is 2.55 bits per heavy atom. The molecule has 3 N–H and O–H groups in total. The van der Waals surface area contributed by atoms with E-state index in [-0.39, 0.29) is 24.9 Å². The van der Waals surface area contributed by atoms with Gasteiger partial charge in [0.05, 0.1) is 5.56 Å². The zero-order valence-corrected chi connectivity index (χ0v) is 11.9. The Morgan fingerprint density at radius 2 is 1.95 bits per heavy atom. The standard InChI is InChI=1S/C14H16F2N2O4/c1-8(14(21)22)18-12(19)3-2-6-17-13(20)10-5-4-9(15)7-11(10)16/h4-5,7-8H,2-3,6H2,1H3,(H,17,20)(H,18,19)(H,21,22)/t8-/m0/s1. The number of halogens is 2. The van der Waals surface area contributed by atoms with Gasteiger partial charge in [-0.2, -0.15) is 0 Å². The minimum Gasteiger partial charge on any atom is -0.480 e. The summed E-state index contributed by atoms with van der Waals surface area (Å²) >= 11 is 0. The van der Waals surface area contributed by atoms with E-state index in [4.69, 9.17) is 5.11 Å². The lowest BCUT2D eigenvalue weighted by atomic mass is 10.2. The van der Waals surface area contributed by atoms with Crippen molar-refractivity contribution in [3.8, 4) is 0 Å². The number of aliphatic carboxylic acids is 1. The third-order valence-electron chi connectivity index (χ3n) is 2.79. The number of hydrogen-bond acceptors (Lipinski definition) is 3. The minimum absolute atomic E-state index is 0.0177. The topological polar surface area (TPSA) is 95.5 Å². The van der Waals surface area contributed by atoms with Gasteiger partial charge in [0.25, 0.3) is 5.91 Å². The fourth-order valence-corrected chi connectivity index (χ4v) is 1.60. The summed E-state index contributed by atoms with van der Waals surface area (Å²) in [4.78, 5) is 33.5. The van der Waals surface area contributed by atoms with Crippen molar-refractivity contribution >= 4 is 17.8 Å². The first kappa shape index (κ1) is 17.5. The van der Waals surface area contributed by atoms with Crippen LogP contribution in [0.5, 0.6) is 0 Å². The molecule has 0 bridgehead atoms. The molecule has 8 heteroatoms. The van der Waals surface area contributed by atoms with Crippen LogP contribution < -0.4 is 10.6 Å². The highest BCUT2D eigenvalue weighted by Gasteiger charge is 2.14. The van der Waals surface area contributed by atoms with Gasteiger partial charge in [-0.1, -0.05) is 0 Å². The molecule has 0 saturated carbocycles. The second-order valence-corrected chi connectivity index (χ2v) is 4.61. The molecule has 0 unspecified atom stereocenters. The van der Waals surface area contributed by atoms with Crippen LogP contribution >= 0.6 is 0 Å². The number of nitrogens with one attached hydrogen (secondary N) is 2. The third kappa shape index (κ3) is 5.47. The predicted octanol–water partition coefficient (Wildman–Crippen LogP) is 1.06. The van der Waals surface area contributed by atoms with Crippen molar-refractivity contribution in [1.82, 2.24) is 10.6 Å². The van der Waals surface area contributed by atoms with E-state index in [0.29, 0.717) is 6.07 Å². The van der Waals surface area contributed by atoms with Gasteiger partial charge >= 0.3 is 5.97 Å². The Bertz CT molecular complexity index is 578. The second kappa shape index (κ2) is 8.06. The molecular weight excluding hydrogens is 298 g/mol. The van der Waals surface area contributed by atoms with Crippen LogP contribution in [0.4, 0.5) is 8.78 Å². The fourth-order valence-electron chi connectivity index (χ4n) is 1.60. The highest BCUT2D eigenvalue weighted by atomic mass is 19.1. The van der Waals surface area contributed by atoms with Crippen molar-refractivity contribution in [2.24, 2.45) is 0 Å². The molecule has 1 rings (SSSR count). The molecule has 1 aromatic rings. The molecule has 1 atom stereocenters. The first-order chi connectivity index (χ1) is 10.3. The van der Waals surface area contributed by atoms with Crippen molar-refractivity contribution in [2.75, 3.05) is 6.54 Å². The SMILES string of the molecule is C[C@H](NC(=O)CCCNC(=O)c1ccc(F)cc1F)C(=O)O. The summed E-state index contributed by atoms with van der Waals surface area (Å²) in [6.45, 7) is 1.43. The van der Waals surface area contributed by atoms with Crippen LogP contribution in [-0.2, 0) is 9.59 Å². The molecule has 0 aromatic heterocycles. The quantitative estimate of drug-likeness (QED) is 0.656. The molecular formula is C14H16F2N2O4. The van der Waals surface area contributed by atoms with Gasteiger partial charge in [-0.25, -0.2) is 8.78 Å². The Kier molecular flexibility index (Phi) is 6.43. The summed E-state index contributed by atoms with van der Waals surface area (Å²) in [6.07, 6.45) is 0.274. The smallest absolute Gasteiger partial charge is 0.325 e. The number of carbonyl (C=O) groups excluding carboxylic acids is 2. The van der Waals surface area contributed by atoms with Gasteiger partial charge in [-0.15, -0.1) is 0 Å². The van der Waals surface area contributed by atoms with Crippen LogP contribution in [0.25, 0.3) is 0 Å². The average molecular weight is 314 g/mol. The zero-order valence-electron chi connectivity index (χ0n) is 11.9. The molecule has 1 aromatic carbocycles. The minimum atomic E-state index is -1.14. The summed E-state index contributed by atoms with van der Waals surface area (Å²) in [6, 6.07) is 1.62. The molecule has 0 aliphatic rings. The summed E-state index contributed by atoms with van der Waals surface area (Å²) in [5.41, 5.74) is -0.287. The van der Waals surface area contributed by atoms with Crippen LogP contribution in [0.1, 0.15) is 30.1 Å². The highest BCUT2D eigenvalue weighted by Crippen LogP contribution is 2.09. The summed E-state index contributed by atoms with van der Waals surface area (Å²) in [5, 5.41) is 13.3.